The van der Waals surface area contributed by atoms with Crippen molar-refractivity contribution in [3.05, 3.63) is 29.8 Å². The quantitative estimate of drug-likeness (QED) is 0.788. The van der Waals surface area contributed by atoms with Crippen molar-refractivity contribution >= 4 is 9.84 Å². The average Bonchev–Trinajstić information content (AvgIpc) is 2.36. The van der Waals surface area contributed by atoms with E-state index in [1.165, 1.54) is 0 Å². The molecule has 1 aliphatic heterocycles. The highest BCUT2D eigenvalue weighted by atomic mass is 32.2. The van der Waals surface area contributed by atoms with Crippen molar-refractivity contribution < 1.29 is 8.42 Å². The van der Waals surface area contributed by atoms with Gasteiger partial charge in [0.2, 0.25) is 0 Å². The summed E-state index contributed by atoms with van der Waals surface area (Å²) in [6.45, 7) is 0. The van der Waals surface area contributed by atoms with E-state index >= 15 is 0 Å². The van der Waals surface area contributed by atoms with Gasteiger partial charge in [0, 0.05) is 6.04 Å². The molecule has 0 fully saturated rings. The van der Waals surface area contributed by atoms with Crippen molar-refractivity contribution in [2.75, 3.05) is 12.8 Å². The highest BCUT2D eigenvalue weighted by molar-refractivity contribution is 7.91. The molecule has 82 valence electrons. The van der Waals surface area contributed by atoms with Gasteiger partial charge in [-0.2, -0.15) is 0 Å². The molecule has 3 nitrogen and oxygen atoms in total. The lowest BCUT2D eigenvalue weighted by atomic mass is 10.0. The molecule has 0 aliphatic carbocycles. The number of sulfone groups is 1. The van der Waals surface area contributed by atoms with Gasteiger partial charge >= 0.3 is 0 Å². The minimum Gasteiger partial charge on any atom is -0.313 e. The maximum atomic E-state index is 11.9. The van der Waals surface area contributed by atoms with Crippen LogP contribution in [-0.4, -0.2) is 21.2 Å². The maximum Gasteiger partial charge on any atom is 0.178 e. The van der Waals surface area contributed by atoms with Crippen molar-refractivity contribution in [3.63, 3.8) is 0 Å². The molecule has 0 radical (unpaired) electrons. The largest absolute Gasteiger partial charge is 0.313 e. The number of nitrogens with one attached hydrogen (secondary N) is 1. The van der Waals surface area contributed by atoms with E-state index < -0.39 is 9.84 Å². The van der Waals surface area contributed by atoms with E-state index in [0.29, 0.717) is 4.90 Å². The van der Waals surface area contributed by atoms with Crippen molar-refractivity contribution in [2.45, 2.75) is 23.8 Å². The summed E-state index contributed by atoms with van der Waals surface area (Å²) < 4.78 is 23.9. The first-order chi connectivity index (χ1) is 7.15. The van der Waals surface area contributed by atoms with Gasteiger partial charge < -0.3 is 5.32 Å². The minimum absolute atomic E-state index is 0.165. The van der Waals surface area contributed by atoms with Crippen molar-refractivity contribution in [1.82, 2.24) is 5.32 Å². The molecule has 1 aromatic rings. The molecular weight excluding hydrogens is 210 g/mol. The molecule has 0 saturated heterocycles. The highest BCUT2D eigenvalue weighted by Gasteiger charge is 2.26. The standard InChI is InChI=1S/C11H15NO2S/c1-12-10-6-4-8-15(13,14)11-7-3-2-5-9(10)11/h2-3,5,7,10,12H,4,6,8H2,1H3. The Morgan fingerprint density at radius 1 is 1.33 bits per heavy atom. The summed E-state index contributed by atoms with van der Waals surface area (Å²) in [6.07, 6.45) is 1.61. The summed E-state index contributed by atoms with van der Waals surface area (Å²) in [5, 5.41) is 3.17. The Balaban J connectivity index is 2.60. The van der Waals surface area contributed by atoms with Crippen LogP contribution >= 0.6 is 0 Å². The second kappa shape index (κ2) is 3.94. The topological polar surface area (TPSA) is 46.2 Å². The molecule has 15 heavy (non-hydrogen) atoms. The summed E-state index contributed by atoms with van der Waals surface area (Å²) in [5.41, 5.74) is 0.914. The van der Waals surface area contributed by atoms with Crippen molar-refractivity contribution in [2.24, 2.45) is 0 Å². The van der Waals surface area contributed by atoms with E-state index in [-0.39, 0.29) is 11.8 Å². The fraction of sp³-hybridized carbons (Fsp3) is 0.455. The third kappa shape index (κ3) is 1.92. The van der Waals surface area contributed by atoms with Crippen LogP contribution < -0.4 is 5.32 Å². The summed E-state index contributed by atoms with van der Waals surface area (Å²) in [5.74, 6) is 0.266. The summed E-state index contributed by atoms with van der Waals surface area (Å²) >= 11 is 0. The van der Waals surface area contributed by atoms with Crippen LogP contribution in [0.3, 0.4) is 0 Å². The number of benzene rings is 1. The lowest BCUT2D eigenvalue weighted by Crippen LogP contribution is -2.16. The first-order valence-corrected chi connectivity index (χ1v) is 6.79. The molecule has 0 saturated carbocycles. The van der Waals surface area contributed by atoms with E-state index in [4.69, 9.17) is 0 Å². The van der Waals surface area contributed by atoms with E-state index in [1.54, 1.807) is 12.1 Å². The molecule has 1 unspecified atom stereocenters. The summed E-state index contributed by atoms with van der Waals surface area (Å²) in [4.78, 5) is 0.502. The van der Waals surface area contributed by atoms with Crippen molar-refractivity contribution in [1.29, 1.82) is 0 Å². The van der Waals surface area contributed by atoms with Crippen molar-refractivity contribution in [3.8, 4) is 0 Å². The van der Waals surface area contributed by atoms with E-state index in [0.717, 1.165) is 18.4 Å². The Morgan fingerprint density at radius 3 is 2.80 bits per heavy atom. The zero-order chi connectivity index (χ0) is 10.9. The van der Waals surface area contributed by atoms with Crippen LogP contribution in [0.4, 0.5) is 0 Å². The van der Waals surface area contributed by atoms with Crippen LogP contribution in [0, 0.1) is 0 Å². The molecule has 4 heteroatoms. The summed E-state index contributed by atoms with van der Waals surface area (Å²) in [6, 6.07) is 7.46. The molecule has 1 heterocycles. The minimum atomic E-state index is -3.06. The van der Waals surface area contributed by atoms with Gasteiger partial charge in [-0.25, -0.2) is 8.42 Å². The molecule has 1 N–H and O–H groups in total. The van der Waals surface area contributed by atoms with E-state index in [1.807, 2.05) is 19.2 Å². The van der Waals surface area contributed by atoms with Gasteiger partial charge in [0.25, 0.3) is 0 Å². The third-order valence-electron chi connectivity index (χ3n) is 2.88. The lowest BCUT2D eigenvalue weighted by Gasteiger charge is -2.15. The van der Waals surface area contributed by atoms with Crippen LogP contribution in [0.1, 0.15) is 24.4 Å². The molecule has 1 atom stereocenters. The number of fused-ring (bicyclic) bond motifs is 1. The van der Waals surface area contributed by atoms with Gasteiger partial charge in [0.1, 0.15) is 0 Å². The highest BCUT2D eigenvalue weighted by Crippen LogP contribution is 2.30. The SMILES string of the molecule is CNC1CCCS(=O)(=O)c2ccccc21. The molecule has 0 aromatic heterocycles. The molecule has 1 aliphatic rings. The Morgan fingerprint density at radius 2 is 2.07 bits per heavy atom. The average molecular weight is 225 g/mol. The fourth-order valence-electron chi connectivity index (χ4n) is 2.09. The number of hydrogen-bond donors (Lipinski definition) is 1. The number of rotatable bonds is 1. The zero-order valence-corrected chi connectivity index (χ0v) is 9.55. The molecule has 0 bridgehead atoms. The third-order valence-corrected chi connectivity index (χ3v) is 4.75. The van der Waals surface area contributed by atoms with Gasteiger partial charge in [0.15, 0.2) is 9.84 Å². The predicted molar refractivity (Wildman–Crippen MR) is 59.5 cm³/mol. The van der Waals surface area contributed by atoms with Crippen LogP contribution in [-0.2, 0) is 9.84 Å². The monoisotopic (exact) mass is 225 g/mol. The lowest BCUT2D eigenvalue weighted by molar-refractivity contribution is 0.541. The first-order valence-electron chi connectivity index (χ1n) is 5.14. The Kier molecular flexibility index (Phi) is 2.80. The fourth-order valence-corrected chi connectivity index (χ4v) is 3.72. The van der Waals surface area contributed by atoms with Gasteiger partial charge in [0.05, 0.1) is 10.6 Å². The Hall–Kier alpha value is -0.870. The van der Waals surface area contributed by atoms with Gasteiger partial charge in [-0.15, -0.1) is 0 Å². The Bertz CT molecular complexity index is 453. The normalized spacial score (nSPS) is 24.2. The molecular formula is C11H15NO2S. The predicted octanol–water partition coefficient (Wildman–Crippen LogP) is 1.51. The molecule has 2 rings (SSSR count). The number of hydrogen-bond acceptors (Lipinski definition) is 3. The van der Waals surface area contributed by atoms with Gasteiger partial charge in [-0.05, 0) is 31.5 Å². The van der Waals surface area contributed by atoms with Crippen LogP contribution in [0.25, 0.3) is 0 Å². The van der Waals surface area contributed by atoms with Crippen LogP contribution in [0.2, 0.25) is 0 Å². The van der Waals surface area contributed by atoms with Gasteiger partial charge in [-0.1, -0.05) is 18.2 Å². The second-order valence-electron chi connectivity index (χ2n) is 3.84. The second-order valence-corrected chi connectivity index (χ2v) is 5.92. The molecule has 0 spiro atoms. The van der Waals surface area contributed by atoms with Crippen LogP contribution in [0.5, 0.6) is 0 Å². The zero-order valence-electron chi connectivity index (χ0n) is 8.73. The van der Waals surface area contributed by atoms with E-state index in [2.05, 4.69) is 5.32 Å². The van der Waals surface area contributed by atoms with E-state index in [9.17, 15) is 8.42 Å². The first kappa shape index (κ1) is 10.6. The van der Waals surface area contributed by atoms with Gasteiger partial charge in [-0.3, -0.25) is 0 Å². The smallest absolute Gasteiger partial charge is 0.178 e. The summed E-state index contributed by atoms with van der Waals surface area (Å²) in [7, 11) is -1.19. The molecule has 0 amide bonds. The Labute approximate surface area is 90.4 Å². The maximum absolute atomic E-state index is 11.9. The van der Waals surface area contributed by atoms with Crippen LogP contribution in [0.15, 0.2) is 29.2 Å². The molecule has 1 aromatic carbocycles.